The molecule has 0 saturated heterocycles. The van der Waals surface area contributed by atoms with E-state index in [1.54, 1.807) is 18.0 Å². The highest BCUT2D eigenvalue weighted by molar-refractivity contribution is 7.99. The number of hydrogen-bond donors (Lipinski definition) is 1. The van der Waals surface area contributed by atoms with Crippen LogP contribution in [0.4, 0.5) is 0 Å². The fourth-order valence-electron chi connectivity index (χ4n) is 1.12. The summed E-state index contributed by atoms with van der Waals surface area (Å²) in [5, 5.41) is 9.36. The maximum atomic E-state index is 11.7. The summed E-state index contributed by atoms with van der Waals surface area (Å²) < 4.78 is 0. The molecule has 0 unspecified atom stereocenters. The highest BCUT2D eigenvalue weighted by Gasteiger charge is 2.12. The fourth-order valence-corrected chi connectivity index (χ4v) is 1.88. The Morgan fingerprint density at radius 2 is 2.11 bits per heavy atom. The largest absolute Gasteiger partial charge is 0.478 e. The highest BCUT2D eigenvalue weighted by Crippen LogP contribution is 2.16. The molecule has 0 spiro atoms. The second kappa shape index (κ2) is 6.39. The molecule has 0 saturated carbocycles. The van der Waals surface area contributed by atoms with Crippen LogP contribution in [0, 0.1) is 0 Å². The summed E-state index contributed by atoms with van der Waals surface area (Å²) in [4.78, 5) is 28.0. The molecule has 6 heteroatoms. The minimum absolute atomic E-state index is 0.0270. The summed E-state index contributed by atoms with van der Waals surface area (Å²) in [5.41, 5.74) is 0.143. The lowest BCUT2D eigenvalue weighted by molar-refractivity contribution is -0.128. The summed E-state index contributed by atoms with van der Waals surface area (Å²) >= 11 is 1.30. The Hall–Kier alpha value is -1.56. The zero-order valence-corrected chi connectivity index (χ0v) is 11.4. The SMILES string of the molecule is CC(C)N(C)C(=O)CSc1ccc(C(=O)O)cn1. The highest BCUT2D eigenvalue weighted by atomic mass is 32.2. The molecule has 0 atom stereocenters. The molecule has 98 valence electrons. The van der Waals surface area contributed by atoms with Crippen LogP contribution in [0.15, 0.2) is 23.4 Å². The van der Waals surface area contributed by atoms with Crippen molar-refractivity contribution in [3.8, 4) is 0 Å². The van der Waals surface area contributed by atoms with Crippen molar-refractivity contribution in [3.05, 3.63) is 23.9 Å². The van der Waals surface area contributed by atoms with Crippen LogP contribution in [0.1, 0.15) is 24.2 Å². The van der Waals surface area contributed by atoms with Gasteiger partial charge in [-0.25, -0.2) is 9.78 Å². The number of nitrogens with zero attached hydrogens (tertiary/aromatic N) is 2. The predicted molar refractivity (Wildman–Crippen MR) is 69.8 cm³/mol. The lowest BCUT2D eigenvalue weighted by Crippen LogP contribution is -2.34. The molecule has 0 aliphatic heterocycles. The quantitative estimate of drug-likeness (QED) is 0.824. The van der Waals surface area contributed by atoms with Gasteiger partial charge in [0.25, 0.3) is 0 Å². The Morgan fingerprint density at radius 1 is 1.44 bits per heavy atom. The number of aromatic carboxylic acids is 1. The van der Waals surface area contributed by atoms with Gasteiger partial charge in [0.1, 0.15) is 0 Å². The van der Waals surface area contributed by atoms with Crippen molar-refractivity contribution in [1.82, 2.24) is 9.88 Å². The zero-order chi connectivity index (χ0) is 13.7. The minimum Gasteiger partial charge on any atom is -0.478 e. The first-order chi connectivity index (χ1) is 8.41. The molecule has 0 aliphatic rings. The molecule has 1 heterocycles. The van der Waals surface area contributed by atoms with Gasteiger partial charge in [-0.05, 0) is 26.0 Å². The van der Waals surface area contributed by atoms with Gasteiger partial charge in [0.05, 0.1) is 16.3 Å². The summed E-state index contributed by atoms with van der Waals surface area (Å²) in [6, 6.07) is 3.26. The number of thioether (sulfide) groups is 1. The van der Waals surface area contributed by atoms with E-state index in [4.69, 9.17) is 5.11 Å². The van der Waals surface area contributed by atoms with E-state index in [9.17, 15) is 9.59 Å². The van der Waals surface area contributed by atoms with Gasteiger partial charge in [-0.1, -0.05) is 11.8 Å². The lowest BCUT2D eigenvalue weighted by atomic mass is 10.3. The van der Waals surface area contributed by atoms with Crippen molar-refractivity contribution in [2.75, 3.05) is 12.8 Å². The fraction of sp³-hybridized carbons (Fsp3) is 0.417. The van der Waals surface area contributed by atoms with Crippen LogP contribution in [0.5, 0.6) is 0 Å². The van der Waals surface area contributed by atoms with Gasteiger partial charge < -0.3 is 10.0 Å². The summed E-state index contributed by atoms with van der Waals surface area (Å²) in [6.45, 7) is 3.89. The number of carboxylic acids is 1. The molecular weight excluding hydrogens is 252 g/mol. The Labute approximate surface area is 110 Å². The van der Waals surface area contributed by atoms with Crippen LogP contribution in [-0.2, 0) is 4.79 Å². The van der Waals surface area contributed by atoms with Crippen molar-refractivity contribution in [2.45, 2.75) is 24.9 Å². The molecule has 1 N–H and O–H groups in total. The third-order valence-corrected chi connectivity index (χ3v) is 3.42. The molecule has 1 aromatic heterocycles. The van der Waals surface area contributed by atoms with Crippen LogP contribution < -0.4 is 0 Å². The molecule has 0 aliphatic carbocycles. The third-order valence-electron chi connectivity index (χ3n) is 2.49. The van der Waals surface area contributed by atoms with Crippen molar-refractivity contribution < 1.29 is 14.7 Å². The molecule has 1 aromatic rings. The normalized spacial score (nSPS) is 10.4. The standard InChI is InChI=1S/C12H16N2O3S/c1-8(2)14(3)11(15)7-18-10-5-4-9(6-13-10)12(16)17/h4-6,8H,7H2,1-3H3,(H,16,17). The van der Waals surface area contributed by atoms with Gasteiger partial charge in [0.2, 0.25) is 5.91 Å². The number of carbonyl (C=O) groups excluding carboxylic acids is 1. The van der Waals surface area contributed by atoms with Crippen LogP contribution in [-0.4, -0.2) is 45.7 Å². The number of carboxylic acid groups (broad SMARTS) is 1. The first-order valence-electron chi connectivity index (χ1n) is 5.49. The number of aromatic nitrogens is 1. The first kappa shape index (κ1) is 14.5. The maximum Gasteiger partial charge on any atom is 0.337 e. The Balaban J connectivity index is 2.54. The van der Waals surface area contributed by atoms with Crippen molar-refractivity contribution in [1.29, 1.82) is 0 Å². The molecule has 0 fully saturated rings. The lowest BCUT2D eigenvalue weighted by Gasteiger charge is -2.20. The zero-order valence-electron chi connectivity index (χ0n) is 10.6. The van der Waals surface area contributed by atoms with Crippen LogP contribution in [0.25, 0.3) is 0 Å². The minimum atomic E-state index is -1.00. The van der Waals surface area contributed by atoms with Crippen molar-refractivity contribution >= 4 is 23.6 Å². The van der Waals surface area contributed by atoms with Gasteiger partial charge in [-0.2, -0.15) is 0 Å². The third kappa shape index (κ3) is 4.03. The van der Waals surface area contributed by atoms with Crippen molar-refractivity contribution in [2.24, 2.45) is 0 Å². The van der Waals surface area contributed by atoms with E-state index in [0.717, 1.165) is 0 Å². The summed E-state index contributed by atoms with van der Waals surface area (Å²) in [5.74, 6) is -0.678. The van der Waals surface area contributed by atoms with E-state index in [1.807, 2.05) is 13.8 Å². The number of amides is 1. The van der Waals surface area contributed by atoms with Gasteiger partial charge in [-0.3, -0.25) is 4.79 Å². The number of rotatable bonds is 5. The van der Waals surface area contributed by atoms with E-state index in [2.05, 4.69) is 4.98 Å². The van der Waals surface area contributed by atoms with Gasteiger partial charge in [0.15, 0.2) is 0 Å². The number of hydrogen-bond acceptors (Lipinski definition) is 4. The molecule has 18 heavy (non-hydrogen) atoms. The second-order valence-electron chi connectivity index (χ2n) is 4.08. The first-order valence-corrected chi connectivity index (χ1v) is 6.48. The predicted octanol–water partition coefficient (Wildman–Crippen LogP) is 1.74. The molecule has 0 radical (unpaired) electrons. The average Bonchev–Trinajstić information content (AvgIpc) is 2.35. The Bertz CT molecular complexity index is 431. The second-order valence-corrected chi connectivity index (χ2v) is 5.07. The molecule has 1 amide bonds. The Morgan fingerprint density at radius 3 is 2.56 bits per heavy atom. The van der Waals surface area contributed by atoms with Gasteiger partial charge >= 0.3 is 5.97 Å². The Kier molecular flexibility index (Phi) is 5.15. The number of pyridine rings is 1. The molecular formula is C12H16N2O3S. The summed E-state index contributed by atoms with van der Waals surface area (Å²) in [7, 11) is 1.76. The van der Waals surface area contributed by atoms with E-state index in [-0.39, 0.29) is 17.5 Å². The van der Waals surface area contributed by atoms with Gasteiger partial charge in [0, 0.05) is 19.3 Å². The molecule has 1 rings (SSSR count). The van der Waals surface area contributed by atoms with E-state index in [1.165, 1.54) is 24.0 Å². The molecule has 0 aromatic carbocycles. The molecule has 0 bridgehead atoms. The smallest absolute Gasteiger partial charge is 0.337 e. The van der Waals surface area contributed by atoms with Crippen LogP contribution in [0.3, 0.4) is 0 Å². The van der Waals surface area contributed by atoms with E-state index < -0.39 is 5.97 Å². The van der Waals surface area contributed by atoms with E-state index in [0.29, 0.717) is 10.8 Å². The summed E-state index contributed by atoms with van der Waals surface area (Å²) in [6.07, 6.45) is 1.29. The van der Waals surface area contributed by atoms with Crippen molar-refractivity contribution in [3.63, 3.8) is 0 Å². The van der Waals surface area contributed by atoms with Gasteiger partial charge in [-0.15, -0.1) is 0 Å². The topological polar surface area (TPSA) is 70.5 Å². The van der Waals surface area contributed by atoms with Crippen LogP contribution in [0.2, 0.25) is 0 Å². The van der Waals surface area contributed by atoms with E-state index >= 15 is 0 Å². The average molecular weight is 268 g/mol. The molecule has 5 nitrogen and oxygen atoms in total. The monoisotopic (exact) mass is 268 g/mol. The number of carbonyl (C=O) groups is 2. The maximum absolute atomic E-state index is 11.7. The van der Waals surface area contributed by atoms with Crippen LogP contribution >= 0.6 is 11.8 Å².